The summed E-state index contributed by atoms with van der Waals surface area (Å²) >= 11 is 0. The summed E-state index contributed by atoms with van der Waals surface area (Å²) in [5, 5.41) is 2.38. The predicted molar refractivity (Wildman–Crippen MR) is 300 cm³/mol. The zero-order valence-electron chi connectivity index (χ0n) is 44.1. The van der Waals surface area contributed by atoms with E-state index in [2.05, 4.69) is 274 Å². The van der Waals surface area contributed by atoms with E-state index in [4.69, 9.17) is 9.72 Å². The second-order valence-electron chi connectivity index (χ2n) is 24.0. The lowest BCUT2D eigenvalue weighted by atomic mass is 9.73. The van der Waals surface area contributed by atoms with Crippen LogP contribution in [0.4, 0.5) is 22.7 Å². The lowest BCUT2D eigenvalue weighted by Gasteiger charge is -2.33. The van der Waals surface area contributed by atoms with Crippen molar-refractivity contribution in [2.24, 2.45) is 0 Å². The molecule has 3 heterocycles. The van der Waals surface area contributed by atoms with Gasteiger partial charge < -0.3 is 14.5 Å². The Bertz CT molecular complexity index is 3360. The molecule has 2 aromatic heterocycles. The Morgan fingerprint density at radius 1 is 0.380 bits per heavy atom. The molecule has 1 aliphatic rings. The number of ether oxygens (including phenoxy) is 1. The van der Waals surface area contributed by atoms with Gasteiger partial charge in [0.1, 0.15) is 24.0 Å². The fraction of sp³-hybridized carbons (Fsp3) is 0.288. The van der Waals surface area contributed by atoms with Gasteiger partial charge in [-0.2, -0.15) is 0 Å². The van der Waals surface area contributed by atoms with Gasteiger partial charge >= 0.3 is 0 Å². The Kier molecular flexibility index (Phi) is 11.6. The van der Waals surface area contributed by atoms with Crippen LogP contribution < -0.4 is 14.5 Å². The maximum Gasteiger partial charge on any atom is 0.137 e. The average molecular weight is 935 g/mol. The van der Waals surface area contributed by atoms with Crippen LogP contribution in [0, 0.1) is 0 Å². The van der Waals surface area contributed by atoms with Crippen molar-refractivity contribution in [1.29, 1.82) is 0 Å². The van der Waals surface area contributed by atoms with E-state index in [1.165, 1.54) is 66.8 Å². The van der Waals surface area contributed by atoms with E-state index in [1.807, 2.05) is 6.20 Å². The SMILES string of the molecule is CC(C)(C)c1ccnc(-n2c3ccc(C(C)(C)C)cc3c3ccc(Oc4cccc(N5CN(c6cc(C(C)(C)c7ccccc7)cc(C(C)(C)c7ccccc7)c6)c6ccc(C(C)(C)C)cc65)c4)cc32)c1. The highest BCUT2D eigenvalue weighted by atomic mass is 16.5. The Morgan fingerprint density at radius 3 is 1.56 bits per heavy atom. The molecule has 1 aliphatic heterocycles. The van der Waals surface area contributed by atoms with Crippen LogP contribution >= 0.6 is 0 Å². The van der Waals surface area contributed by atoms with Gasteiger partial charge in [0, 0.05) is 51.3 Å². The quantitative estimate of drug-likeness (QED) is 0.144. The van der Waals surface area contributed by atoms with Crippen LogP contribution in [-0.4, -0.2) is 16.2 Å². The van der Waals surface area contributed by atoms with Gasteiger partial charge in [-0.25, -0.2) is 4.98 Å². The molecular weight excluding hydrogens is 865 g/mol. The van der Waals surface area contributed by atoms with Crippen molar-refractivity contribution in [1.82, 2.24) is 9.55 Å². The zero-order valence-corrected chi connectivity index (χ0v) is 44.1. The molecular formula is C66H70N4O. The van der Waals surface area contributed by atoms with E-state index >= 15 is 0 Å². The predicted octanol–water partition coefficient (Wildman–Crippen LogP) is 17.8. The van der Waals surface area contributed by atoms with Crippen LogP contribution in [0.1, 0.15) is 129 Å². The van der Waals surface area contributed by atoms with Crippen molar-refractivity contribution >= 4 is 44.6 Å². The second-order valence-corrected chi connectivity index (χ2v) is 24.0. The fourth-order valence-electron chi connectivity index (χ4n) is 10.3. The lowest BCUT2D eigenvalue weighted by Crippen LogP contribution is -2.27. The molecule has 0 saturated carbocycles. The normalized spacial score (nSPS) is 13.6. The Hall–Kier alpha value is -7.11. The van der Waals surface area contributed by atoms with Crippen LogP contribution in [0.3, 0.4) is 0 Å². The number of rotatable bonds is 9. The molecule has 0 atom stereocenters. The third-order valence-corrected chi connectivity index (χ3v) is 15.2. The molecule has 0 unspecified atom stereocenters. The van der Waals surface area contributed by atoms with E-state index < -0.39 is 0 Å². The molecule has 7 aromatic carbocycles. The number of anilines is 4. The molecule has 0 fully saturated rings. The summed E-state index contributed by atoms with van der Waals surface area (Å²) in [6.07, 6.45) is 1.94. The molecule has 0 N–H and O–H groups in total. The number of fused-ring (bicyclic) bond motifs is 4. The minimum absolute atomic E-state index is 0.00777. The number of hydrogen-bond donors (Lipinski definition) is 0. The third-order valence-electron chi connectivity index (χ3n) is 15.2. The van der Waals surface area contributed by atoms with Crippen LogP contribution in [0.2, 0.25) is 0 Å². The topological polar surface area (TPSA) is 33.5 Å². The lowest BCUT2D eigenvalue weighted by molar-refractivity contribution is 0.483. The van der Waals surface area contributed by atoms with Crippen LogP contribution in [0.25, 0.3) is 27.6 Å². The van der Waals surface area contributed by atoms with Gasteiger partial charge in [-0.15, -0.1) is 0 Å². The molecule has 0 radical (unpaired) electrons. The van der Waals surface area contributed by atoms with Gasteiger partial charge in [0.2, 0.25) is 0 Å². The Morgan fingerprint density at radius 2 is 0.944 bits per heavy atom. The minimum atomic E-state index is -0.248. The first-order valence-corrected chi connectivity index (χ1v) is 25.4. The molecule has 5 heteroatoms. The molecule has 71 heavy (non-hydrogen) atoms. The maximum absolute atomic E-state index is 6.92. The summed E-state index contributed by atoms with van der Waals surface area (Å²) in [5.41, 5.74) is 15.2. The van der Waals surface area contributed by atoms with Crippen LogP contribution in [0.15, 0.2) is 176 Å². The molecule has 0 amide bonds. The Labute approximate surface area is 422 Å². The van der Waals surface area contributed by atoms with Gasteiger partial charge in [0.05, 0.1) is 22.4 Å². The van der Waals surface area contributed by atoms with Crippen molar-refractivity contribution < 1.29 is 4.74 Å². The highest BCUT2D eigenvalue weighted by Crippen LogP contribution is 2.49. The van der Waals surface area contributed by atoms with Crippen molar-refractivity contribution in [3.63, 3.8) is 0 Å². The van der Waals surface area contributed by atoms with Gasteiger partial charge in [-0.05, 0) is 128 Å². The summed E-state index contributed by atoms with van der Waals surface area (Å²) in [5.74, 6) is 2.45. The van der Waals surface area contributed by atoms with Crippen molar-refractivity contribution in [3.8, 4) is 17.3 Å². The molecule has 10 rings (SSSR count). The summed E-state index contributed by atoms with van der Waals surface area (Å²) in [7, 11) is 0. The zero-order chi connectivity index (χ0) is 50.3. The van der Waals surface area contributed by atoms with E-state index in [0.29, 0.717) is 6.67 Å². The molecule has 9 aromatic rings. The van der Waals surface area contributed by atoms with Crippen LogP contribution in [0.5, 0.6) is 11.5 Å². The number of aromatic nitrogens is 2. The summed E-state index contributed by atoms with van der Waals surface area (Å²) < 4.78 is 9.23. The molecule has 360 valence electrons. The molecule has 5 nitrogen and oxygen atoms in total. The highest BCUT2D eigenvalue weighted by molar-refractivity contribution is 6.10. The molecule has 0 spiro atoms. The standard InChI is InChI=1S/C66H70N4O/c1-62(2,3)46-27-31-57-56(38-46)55-30-29-54(42-59(55)70(57)61-40-48(33-34-67-61)64(7,8)9)71-53-26-20-25-51(41-53)68-43-69(58-32-28-47(39-60(58)68)63(4,5)6)52-36-49(65(10,11)44-21-16-14-17-22-44)35-50(37-52)66(12,13)45-23-18-15-19-24-45/h14-42H,43H2,1-13H3. The summed E-state index contributed by atoms with van der Waals surface area (Å²) in [6.45, 7) is 30.5. The van der Waals surface area contributed by atoms with Crippen molar-refractivity contribution in [2.45, 2.75) is 117 Å². The maximum atomic E-state index is 6.92. The number of benzene rings is 7. The largest absolute Gasteiger partial charge is 0.457 e. The van der Waals surface area contributed by atoms with Crippen molar-refractivity contribution in [3.05, 3.63) is 215 Å². The fourth-order valence-corrected chi connectivity index (χ4v) is 10.3. The van der Waals surface area contributed by atoms with E-state index in [0.717, 1.165) is 34.0 Å². The Balaban J connectivity index is 1.07. The van der Waals surface area contributed by atoms with E-state index in [-0.39, 0.29) is 27.1 Å². The van der Waals surface area contributed by atoms with Gasteiger partial charge in [0.25, 0.3) is 0 Å². The van der Waals surface area contributed by atoms with E-state index in [9.17, 15) is 0 Å². The van der Waals surface area contributed by atoms with Gasteiger partial charge in [-0.3, -0.25) is 4.57 Å². The third kappa shape index (κ3) is 8.90. The number of nitrogens with zero attached hydrogens (tertiary/aromatic N) is 4. The molecule has 0 saturated heterocycles. The number of hydrogen-bond acceptors (Lipinski definition) is 4. The summed E-state index contributed by atoms with van der Waals surface area (Å²) in [6, 6.07) is 62.6. The highest BCUT2D eigenvalue weighted by Gasteiger charge is 2.34. The van der Waals surface area contributed by atoms with Gasteiger partial charge in [0.15, 0.2) is 0 Å². The first kappa shape index (κ1) is 47.6. The average Bonchev–Trinajstić information content (AvgIpc) is 3.89. The smallest absolute Gasteiger partial charge is 0.137 e. The van der Waals surface area contributed by atoms with Crippen LogP contribution in [-0.2, 0) is 27.1 Å². The molecule has 0 bridgehead atoms. The van der Waals surface area contributed by atoms with Crippen molar-refractivity contribution in [2.75, 3.05) is 16.5 Å². The first-order valence-electron chi connectivity index (χ1n) is 25.4. The molecule has 0 aliphatic carbocycles. The minimum Gasteiger partial charge on any atom is -0.457 e. The number of pyridine rings is 1. The summed E-state index contributed by atoms with van der Waals surface area (Å²) in [4.78, 5) is 9.94. The first-order chi connectivity index (χ1) is 33.6. The second kappa shape index (κ2) is 17.3. The monoisotopic (exact) mass is 935 g/mol. The van der Waals surface area contributed by atoms with Gasteiger partial charge in [-0.1, -0.05) is 175 Å². The van der Waals surface area contributed by atoms with E-state index in [1.54, 1.807) is 0 Å².